The molecule has 2 aromatic heterocycles. The Morgan fingerprint density at radius 1 is 1.06 bits per heavy atom. The third-order valence-electron chi connectivity index (χ3n) is 5.19. The Morgan fingerprint density at radius 2 is 1.86 bits per heavy atom. The molecule has 0 atom stereocenters. The van der Waals surface area contributed by atoms with Crippen molar-refractivity contribution in [1.82, 2.24) is 9.97 Å². The first-order valence-electron chi connectivity index (χ1n) is 10.6. The quantitative estimate of drug-likeness (QED) is 0.354. The van der Waals surface area contributed by atoms with Gasteiger partial charge in [-0.1, -0.05) is 0 Å². The second kappa shape index (κ2) is 10.2. The number of anilines is 1. The zero-order valence-corrected chi connectivity index (χ0v) is 20.4. The van der Waals surface area contributed by atoms with Crippen molar-refractivity contribution >= 4 is 22.9 Å². The van der Waals surface area contributed by atoms with Crippen molar-refractivity contribution in [2.45, 2.75) is 13.8 Å². The molecule has 9 heteroatoms. The first-order valence-corrected chi connectivity index (χ1v) is 11.4. The highest BCUT2D eigenvalue weighted by Gasteiger charge is 2.18. The van der Waals surface area contributed by atoms with E-state index < -0.39 is 0 Å². The van der Waals surface area contributed by atoms with Gasteiger partial charge < -0.3 is 19.5 Å². The number of aromatic nitrogens is 2. The fourth-order valence-corrected chi connectivity index (χ4v) is 4.35. The molecule has 1 N–H and O–H groups in total. The molecule has 0 aliphatic rings. The molecule has 35 heavy (non-hydrogen) atoms. The summed E-state index contributed by atoms with van der Waals surface area (Å²) in [7, 11) is 3.15. The van der Waals surface area contributed by atoms with E-state index in [1.54, 1.807) is 57.7 Å². The fraction of sp³-hybridized carbons (Fsp3) is 0.154. The lowest BCUT2D eigenvalue weighted by atomic mass is 10.2. The monoisotopic (exact) mass is 486 g/mol. The smallest absolute Gasteiger partial charge is 0.267 e. The highest BCUT2D eigenvalue weighted by molar-refractivity contribution is 7.17. The maximum absolute atomic E-state index is 13.1. The van der Waals surface area contributed by atoms with E-state index in [0.717, 1.165) is 11.1 Å². The van der Waals surface area contributed by atoms with Crippen LogP contribution in [0.3, 0.4) is 0 Å². The Hall–Kier alpha value is -4.42. The van der Waals surface area contributed by atoms with Crippen LogP contribution in [0, 0.1) is 25.2 Å². The summed E-state index contributed by atoms with van der Waals surface area (Å²) in [5, 5.41) is 12.9. The molecule has 0 unspecified atom stereocenters. The number of methoxy groups -OCH3 is 2. The van der Waals surface area contributed by atoms with Crippen molar-refractivity contribution in [2.75, 3.05) is 19.5 Å². The van der Waals surface area contributed by atoms with Gasteiger partial charge >= 0.3 is 0 Å². The Labute approximate surface area is 206 Å². The third kappa shape index (κ3) is 5.08. The van der Waals surface area contributed by atoms with Crippen LogP contribution < -0.4 is 19.5 Å². The zero-order chi connectivity index (χ0) is 24.9. The van der Waals surface area contributed by atoms with E-state index >= 15 is 0 Å². The molecule has 8 nitrogen and oxygen atoms in total. The van der Waals surface area contributed by atoms with Gasteiger partial charge in [-0.05, 0) is 67.9 Å². The SMILES string of the molecule is COc1ccc(-c2nc(C)c(C(=O)Nc3ccc(Oc4ncccc4C#N)cc3C)s2)cc1OC. The van der Waals surface area contributed by atoms with E-state index in [2.05, 4.69) is 21.4 Å². The number of aryl methyl sites for hydroxylation is 2. The highest BCUT2D eigenvalue weighted by Crippen LogP contribution is 2.35. The van der Waals surface area contributed by atoms with Gasteiger partial charge in [-0.25, -0.2) is 9.97 Å². The zero-order valence-electron chi connectivity index (χ0n) is 19.6. The van der Waals surface area contributed by atoms with Crippen molar-refractivity contribution in [3.63, 3.8) is 0 Å². The molecule has 0 aliphatic carbocycles. The van der Waals surface area contributed by atoms with Gasteiger partial charge in [-0.3, -0.25) is 4.79 Å². The van der Waals surface area contributed by atoms with Gasteiger partial charge in [0, 0.05) is 17.4 Å². The lowest BCUT2D eigenvalue weighted by molar-refractivity contribution is 0.102. The Balaban J connectivity index is 1.52. The number of carbonyl (C=O) groups is 1. The minimum Gasteiger partial charge on any atom is -0.493 e. The van der Waals surface area contributed by atoms with Crippen LogP contribution >= 0.6 is 11.3 Å². The molecule has 0 radical (unpaired) electrons. The van der Waals surface area contributed by atoms with Crippen LogP contribution in [0.25, 0.3) is 10.6 Å². The molecule has 2 aromatic carbocycles. The number of amides is 1. The lowest BCUT2D eigenvalue weighted by Crippen LogP contribution is -2.12. The summed E-state index contributed by atoms with van der Waals surface area (Å²) >= 11 is 1.30. The average Bonchev–Trinajstić information content (AvgIpc) is 3.27. The van der Waals surface area contributed by atoms with Gasteiger partial charge in [0.15, 0.2) is 11.5 Å². The summed E-state index contributed by atoms with van der Waals surface area (Å²) in [6.45, 7) is 3.67. The molecule has 4 rings (SSSR count). The van der Waals surface area contributed by atoms with Crippen molar-refractivity contribution in [3.8, 4) is 39.8 Å². The van der Waals surface area contributed by atoms with Crippen LogP contribution in [0.15, 0.2) is 54.7 Å². The summed E-state index contributed by atoms with van der Waals surface area (Å²) in [6.07, 6.45) is 1.56. The maximum Gasteiger partial charge on any atom is 0.267 e. The molecule has 1 amide bonds. The van der Waals surface area contributed by atoms with Gasteiger partial charge in [0.05, 0.1) is 19.9 Å². The van der Waals surface area contributed by atoms with Gasteiger partial charge in [-0.15, -0.1) is 11.3 Å². The molecule has 0 spiro atoms. The minimum atomic E-state index is -0.250. The molecular weight excluding hydrogens is 464 g/mol. The molecule has 0 fully saturated rings. The van der Waals surface area contributed by atoms with Crippen LogP contribution in [-0.2, 0) is 0 Å². The van der Waals surface area contributed by atoms with E-state index in [0.29, 0.717) is 44.1 Å². The number of hydrogen-bond donors (Lipinski definition) is 1. The predicted octanol–water partition coefficient (Wildman–Crippen LogP) is 5.76. The molecule has 0 saturated heterocycles. The number of carbonyl (C=O) groups excluding carboxylic acids is 1. The van der Waals surface area contributed by atoms with E-state index in [4.69, 9.17) is 14.2 Å². The minimum absolute atomic E-state index is 0.231. The second-order valence-corrected chi connectivity index (χ2v) is 8.50. The van der Waals surface area contributed by atoms with Crippen molar-refractivity contribution in [1.29, 1.82) is 5.26 Å². The molecule has 0 saturated carbocycles. The van der Waals surface area contributed by atoms with E-state index in [9.17, 15) is 10.1 Å². The number of nitriles is 1. The first-order chi connectivity index (χ1) is 16.9. The molecule has 2 heterocycles. The van der Waals surface area contributed by atoms with Crippen molar-refractivity contribution < 1.29 is 19.0 Å². The fourth-order valence-electron chi connectivity index (χ4n) is 3.39. The number of nitrogens with zero attached hydrogens (tertiary/aromatic N) is 3. The number of ether oxygens (including phenoxy) is 3. The van der Waals surface area contributed by atoms with E-state index in [1.165, 1.54) is 11.3 Å². The maximum atomic E-state index is 13.1. The summed E-state index contributed by atoms with van der Waals surface area (Å²) in [5.41, 5.74) is 3.25. The Morgan fingerprint density at radius 3 is 2.57 bits per heavy atom. The largest absolute Gasteiger partial charge is 0.493 e. The highest BCUT2D eigenvalue weighted by atomic mass is 32.1. The van der Waals surface area contributed by atoms with Gasteiger partial charge in [0.1, 0.15) is 27.3 Å². The van der Waals surface area contributed by atoms with Crippen LogP contribution in [0.1, 0.15) is 26.5 Å². The summed E-state index contributed by atoms with van der Waals surface area (Å²) < 4.78 is 16.4. The summed E-state index contributed by atoms with van der Waals surface area (Å²) in [5.74, 6) is 1.71. The lowest BCUT2D eigenvalue weighted by Gasteiger charge is -2.11. The molecule has 176 valence electrons. The summed E-state index contributed by atoms with van der Waals surface area (Å²) in [6, 6.07) is 16.1. The van der Waals surface area contributed by atoms with Crippen LogP contribution in [-0.4, -0.2) is 30.1 Å². The van der Waals surface area contributed by atoms with Crippen LogP contribution in [0.2, 0.25) is 0 Å². The van der Waals surface area contributed by atoms with Gasteiger partial charge in [0.2, 0.25) is 5.88 Å². The summed E-state index contributed by atoms with van der Waals surface area (Å²) in [4.78, 5) is 22.3. The predicted molar refractivity (Wildman–Crippen MR) is 134 cm³/mol. The Kier molecular flexibility index (Phi) is 6.94. The Bertz CT molecular complexity index is 1440. The van der Waals surface area contributed by atoms with Crippen molar-refractivity contribution in [2.24, 2.45) is 0 Å². The van der Waals surface area contributed by atoms with Crippen LogP contribution in [0.4, 0.5) is 5.69 Å². The number of hydrogen-bond acceptors (Lipinski definition) is 8. The molecule has 4 aromatic rings. The number of rotatable bonds is 7. The number of thiazole rings is 1. The van der Waals surface area contributed by atoms with E-state index in [1.807, 2.05) is 25.1 Å². The number of pyridine rings is 1. The van der Waals surface area contributed by atoms with Gasteiger partial charge in [0.25, 0.3) is 5.91 Å². The molecular formula is C26H22N4O4S. The average molecular weight is 487 g/mol. The molecule has 0 bridgehead atoms. The molecule has 0 aliphatic heterocycles. The topological polar surface area (TPSA) is 106 Å². The standard InChI is InChI=1S/C26H22N4O4S/c1-15-12-19(34-25-18(14-27)6-5-11-28-25)8-9-20(15)30-24(31)23-16(2)29-26(35-23)17-7-10-21(32-3)22(13-17)33-4/h5-13H,1-4H3,(H,30,31). The van der Waals surface area contributed by atoms with E-state index in [-0.39, 0.29) is 11.8 Å². The number of nitrogens with one attached hydrogen (secondary N) is 1. The van der Waals surface area contributed by atoms with Gasteiger partial charge in [-0.2, -0.15) is 5.26 Å². The second-order valence-electron chi connectivity index (χ2n) is 7.50. The first kappa shape index (κ1) is 23.7. The van der Waals surface area contributed by atoms with Crippen LogP contribution in [0.5, 0.6) is 23.1 Å². The third-order valence-corrected chi connectivity index (χ3v) is 6.39. The number of benzene rings is 2. The van der Waals surface area contributed by atoms with Crippen molar-refractivity contribution in [3.05, 3.63) is 76.4 Å². The normalized spacial score (nSPS) is 10.4.